The number of benzene rings is 2. The van der Waals surface area contributed by atoms with Crippen molar-refractivity contribution in [3.05, 3.63) is 53.6 Å². The molecule has 1 amide bonds. The third-order valence-electron chi connectivity index (χ3n) is 4.19. The maximum atomic E-state index is 13.4. The van der Waals surface area contributed by atoms with Crippen molar-refractivity contribution in [1.82, 2.24) is 4.72 Å². The topological polar surface area (TPSA) is 75.7 Å². The summed E-state index contributed by atoms with van der Waals surface area (Å²) in [7, 11) is -1.14. The smallest absolute Gasteiger partial charge is 0.258 e. The molecule has 9 heteroatoms. The number of hydrogen-bond donors (Lipinski definition) is 1. The van der Waals surface area contributed by atoms with Crippen LogP contribution in [0.1, 0.15) is 23.2 Å². The minimum Gasteiger partial charge on any atom is -0.495 e. The molecular formula is C18H18F2N2O4S. The number of halogens is 2. The fourth-order valence-corrected chi connectivity index (χ4v) is 4.01. The van der Waals surface area contributed by atoms with Crippen LogP contribution in [0.4, 0.5) is 14.5 Å². The van der Waals surface area contributed by atoms with Crippen molar-refractivity contribution in [1.29, 1.82) is 0 Å². The van der Waals surface area contributed by atoms with Crippen LogP contribution in [0.15, 0.2) is 41.3 Å². The van der Waals surface area contributed by atoms with Crippen molar-refractivity contribution in [3.63, 3.8) is 0 Å². The highest BCUT2D eigenvalue weighted by Gasteiger charge is 2.30. The maximum absolute atomic E-state index is 13.4. The molecule has 0 heterocycles. The summed E-state index contributed by atoms with van der Waals surface area (Å²) in [4.78, 5) is 13.7. The number of carbonyl (C=O) groups excluding carboxylic acids is 1. The Bertz CT molecular complexity index is 991. The van der Waals surface area contributed by atoms with E-state index in [-0.39, 0.29) is 27.9 Å². The average molecular weight is 396 g/mol. The molecule has 0 atom stereocenters. The van der Waals surface area contributed by atoms with Gasteiger partial charge in [-0.2, -0.15) is 0 Å². The summed E-state index contributed by atoms with van der Waals surface area (Å²) in [6, 6.07) is 6.96. The van der Waals surface area contributed by atoms with E-state index in [0.29, 0.717) is 0 Å². The minimum atomic E-state index is -3.85. The Balaban J connectivity index is 1.94. The molecule has 2 aromatic rings. The number of carbonyl (C=O) groups is 1. The average Bonchev–Trinajstić information content (AvgIpc) is 3.45. The van der Waals surface area contributed by atoms with Crippen LogP contribution in [0.2, 0.25) is 0 Å². The second kappa shape index (κ2) is 7.24. The van der Waals surface area contributed by atoms with Gasteiger partial charge in [-0.25, -0.2) is 21.9 Å². The molecule has 6 nitrogen and oxygen atoms in total. The van der Waals surface area contributed by atoms with Gasteiger partial charge in [0.15, 0.2) is 11.6 Å². The molecule has 3 rings (SSSR count). The van der Waals surface area contributed by atoms with Gasteiger partial charge in [-0.05, 0) is 43.2 Å². The zero-order valence-electron chi connectivity index (χ0n) is 14.7. The summed E-state index contributed by atoms with van der Waals surface area (Å²) in [5.74, 6) is -2.58. The first-order valence-electron chi connectivity index (χ1n) is 8.16. The van der Waals surface area contributed by atoms with Gasteiger partial charge in [-0.15, -0.1) is 0 Å². The van der Waals surface area contributed by atoms with E-state index in [4.69, 9.17) is 4.74 Å². The fourth-order valence-electron chi connectivity index (χ4n) is 2.51. The van der Waals surface area contributed by atoms with Crippen molar-refractivity contribution in [2.45, 2.75) is 23.8 Å². The predicted octanol–water partition coefficient (Wildman–Crippen LogP) is 2.69. The van der Waals surface area contributed by atoms with Crippen molar-refractivity contribution < 1.29 is 26.7 Å². The van der Waals surface area contributed by atoms with E-state index in [1.54, 1.807) is 0 Å². The lowest BCUT2D eigenvalue weighted by Crippen LogP contribution is -2.28. The van der Waals surface area contributed by atoms with Crippen LogP contribution in [0.3, 0.4) is 0 Å². The molecule has 27 heavy (non-hydrogen) atoms. The Morgan fingerprint density at radius 1 is 1.15 bits per heavy atom. The number of nitrogens with zero attached hydrogens (tertiary/aromatic N) is 1. The van der Waals surface area contributed by atoms with Gasteiger partial charge in [0.05, 0.1) is 7.11 Å². The number of anilines is 1. The second-order valence-corrected chi connectivity index (χ2v) is 7.91. The Morgan fingerprint density at radius 2 is 1.85 bits per heavy atom. The van der Waals surface area contributed by atoms with Gasteiger partial charge >= 0.3 is 0 Å². The van der Waals surface area contributed by atoms with E-state index in [1.165, 1.54) is 38.4 Å². The van der Waals surface area contributed by atoms with Crippen molar-refractivity contribution in [2.75, 3.05) is 19.1 Å². The lowest BCUT2D eigenvalue weighted by molar-refractivity contribution is 0.0992. The molecule has 0 bridgehead atoms. The van der Waals surface area contributed by atoms with Crippen LogP contribution >= 0.6 is 0 Å². The van der Waals surface area contributed by atoms with E-state index in [1.807, 2.05) is 0 Å². The number of nitrogens with one attached hydrogen (secondary N) is 1. The third-order valence-corrected chi connectivity index (χ3v) is 5.74. The van der Waals surface area contributed by atoms with Gasteiger partial charge in [0.1, 0.15) is 10.6 Å². The van der Waals surface area contributed by atoms with E-state index in [2.05, 4.69) is 4.72 Å². The predicted molar refractivity (Wildman–Crippen MR) is 95.4 cm³/mol. The molecule has 1 saturated carbocycles. The van der Waals surface area contributed by atoms with Crippen molar-refractivity contribution in [2.24, 2.45) is 0 Å². The second-order valence-electron chi connectivity index (χ2n) is 6.22. The molecule has 144 valence electrons. The Kier molecular flexibility index (Phi) is 5.16. The quantitative estimate of drug-likeness (QED) is 0.815. The molecule has 1 N–H and O–H groups in total. The summed E-state index contributed by atoms with van der Waals surface area (Å²) in [6.45, 7) is 0. The highest BCUT2D eigenvalue weighted by molar-refractivity contribution is 7.89. The van der Waals surface area contributed by atoms with E-state index in [0.717, 1.165) is 29.9 Å². The van der Waals surface area contributed by atoms with Gasteiger partial charge in [-0.3, -0.25) is 4.79 Å². The molecule has 0 aliphatic heterocycles. The van der Waals surface area contributed by atoms with E-state index >= 15 is 0 Å². The van der Waals surface area contributed by atoms with Gasteiger partial charge in [0, 0.05) is 30.4 Å². The van der Waals surface area contributed by atoms with Gasteiger partial charge in [0.2, 0.25) is 10.0 Å². The molecule has 1 aliphatic carbocycles. The molecule has 1 aliphatic rings. The van der Waals surface area contributed by atoms with Gasteiger partial charge in [0.25, 0.3) is 5.91 Å². The van der Waals surface area contributed by atoms with Crippen LogP contribution in [-0.4, -0.2) is 34.5 Å². The highest BCUT2D eigenvalue weighted by atomic mass is 32.2. The molecule has 0 unspecified atom stereocenters. The van der Waals surface area contributed by atoms with E-state index in [9.17, 15) is 22.0 Å². The first kappa shape index (κ1) is 19.2. The Hall–Kier alpha value is -2.52. The van der Waals surface area contributed by atoms with Gasteiger partial charge < -0.3 is 9.64 Å². The molecular weight excluding hydrogens is 378 g/mol. The lowest BCUT2D eigenvalue weighted by atomic mass is 10.1. The number of ether oxygens (including phenoxy) is 1. The van der Waals surface area contributed by atoms with Gasteiger partial charge in [-0.1, -0.05) is 0 Å². The Morgan fingerprint density at radius 3 is 2.44 bits per heavy atom. The number of methoxy groups -OCH3 is 1. The lowest BCUT2D eigenvalue weighted by Gasteiger charge is -2.19. The van der Waals surface area contributed by atoms with Crippen LogP contribution in [0.25, 0.3) is 0 Å². The monoisotopic (exact) mass is 396 g/mol. The van der Waals surface area contributed by atoms with Crippen molar-refractivity contribution in [3.8, 4) is 5.75 Å². The molecule has 0 saturated heterocycles. The largest absolute Gasteiger partial charge is 0.495 e. The van der Waals surface area contributed by atoms with Crippen LogP contribution in [-0.2, 0) is 10.0 Å². The molecule has 0 spiro atoms. The number of amides is 1. The first-order chi connectivity index (χ1) is 12.7. The van der Waals surface area contributed by atoms with Crippen LogP contribution < -0.4 is 14.4 Å². The summed E-state index contributed by atoms with van der Waals surface area (Å²) >= 11 is 0. The molecule has 0 radical (unpaired) electrons. The standard InChI is InChI=1S/C18H18F2N2O4S/c1-22(13-6-7-14(19)15(20)10-13)18(23)11-3-8-16(26-2)17(9-11)27(24,25)21-12-4-5-12/h3,6-10,12,21H,4-5H2,1-2H3. The number of sulfonamides is 1. The summed E-state index contributed by atoms with van der Waals surface area (Å²) in [5, 5.41) is 0. The number of hydrogen-bond acceptors (Lipinski definition) is 4. The molecule has 1 fully saturated rings. The normalized spacial score (nSPS) is 14.1. The zero-order valence-corrected chi connectivity index (χ0v) is 15.5. The van der Waals surface area contributed by atoms with Crippen LogP contribution in [0, 0.1) is 11.6 Å². The summed E-state index contributed by atoms with van der Waals surface area (Å²) in [5.41, 5.74) is 0.203. The fraction of sp³-hybridized carbons (Fsp3) is 0.278. The third kappa shape index (κ3) is 4.09. The minimum absolute atomic E-state index is 0.0687. The molecule has 0 aromatic heterocycles. The Labute approximate surface area is 155 Å². The molecule has 2 aromatic carbocycles. The first-order valence-corrected chi connectivity index (χ1v) is 9.64. The summed E-state index contributed by atoms with van der Waals surface area (Å²) in [6.07, 6.45) is 1.53. The van der Waals surface area contributed by atoms with Crippen molar-refractivity contribution >= 4 is 21.6 Å². The maximum Gasteiger partial charge on any atom is 0.258 e. The zero-order chi connectivity index (χ0) is 19.8. The summed E-state index contributed by atoms with van der Waals surface area (Å²) < 4.78 is 59.3. The number of rotatable bonds is 6. The highest BCUT2D eigenvalue weighted by Crippen LogP contribution is 2.29. The SMILES string of the molecule is COc1ccc(C(=O)N(C)c2ccc(F)c(F)c2)cc1S(=O)(=O)NC1CC1. The van der Waals surface area contributed by atoms with Crippen LogP contribution in [0.5, 0.6) is 5.75 Å². The van der Waals surface area contributed by atoms with E-state index < -0.39 is 27.6 Å².